The fourth-order valence-electron chi connectivity index (χ4n) is 2.86. The summed E-state index contributed by atoms with van der Waals surface area (Å²) < 4.78 is 0. The van der Waals surface area contributed by atoms with E-state index in [1.54, 1.807) is 6.20 Å². The van der Waals surface area contributed by atoms with Gasteiger partial charge in [-0.25, -0.2) is 15.0 Å². The number of rotatable bonds is 0. The number of hydrogen-bond acceptors (Lipinski definition) is 3. The third-order valence-electron chi connectivity index (χ3n) is 3.79. The van der Waals surface area contributed by atoms with Crippen LogP contribution in [0.4, 0.5) is 0 Å². The van der Waals surface area contributed by atoms with Crippen LogP contribution in [-0.4, -0.2) is 19.9 Å². The van der Waals surface area contributed by atoms with Crippen molar-refractivity contribution in [3.63, 3.8) is 0 Å². The largest absolute Gasteiger partial charge is 0.339 e. The van der Waals surface area contributed by atoms with Gasteiger partial charge in [-0.2, -0.15) is 0 Å². The lowest BCUT2D eigenvalue weighted by molar-refractivity contribution is 0.577. The molecular weight excluding hydrogens is 260 g/mol. The van der Waals surface area contributed by atoms with E-state index in [1.165, 1.54) is 0 Å². The minimum atomic E-state index is -0.0606. The number of nitrogens with one attached hydrogen (secondary N) is 1. The van der Waals surface area contributed by atoms with Gasteiger partial charge in [0.1, 0.15) is 5.65 Å². The van der Waals surface area contributed by atoms with Crippen LogP contribution in [0.15, 0.2) is 36.7 Å². The smallest absolute Gasteiger partial charge is 0.161 e. The van der Waals surface area contributed by atoms with Gasteiger partial charge in [0.2, 0.25) is 0 Å². The van der Waals surface area contributed by atoms with Gasteiger partial charge in [0.05, 0.1) is 11.2 Å². The molecule has 4 heteroatoms. The van der Waals surface area contributed by atoms with Crippen LogP contribution in [-0.2, 0) is 5.41 Å². The molecule has 104 valence electrons. The number of pyridine rings is 3. The van der Waals surface area contributed by atoms with E-state index in [0.717, 1.165) is 38.7 Å². The molecule has 4 heterocycles. The molecule has 0 amide bonds. The van der Waals surface area contributed by atoms with Gasteiger partial charge < -0.3 is 4.98 Å². The van der Waals surface area contributed by atoms with Crippen molar-refractivity contribution in [3.8, 4) is 0 Å². The fourth-order valence-corrected chi connectivity index (χ4v) is 2.86. The summed E-state index contributed by atoms with van der Waals surface area (Å²) in [5.74, 6) is 0. The van der Waals surface area contributed by atoms with E-state index in [1.807, 2.05) is 18.3 Å². The molecule has 0 fully saturated rings. The lowest BCUT2D eigenvalue weighted by Gasteiger charge is -2.19. The molecule has 0 aliphatic rings. The number of H-pyrrole nitrogens is 1. The zero-order valence-electron chi connectivity index (χ0n) is 12.3. The summed E-state index contributed by atoms with van der Waals surface area (Å²) in [6.45, 7) is 6.54. The molecule has 0 aliphatic heterocycles. The Hall–Kier alpha value is -2.49. The fraction of sp³-hybridized carbons (Fsp3) is 0.235. The van der Waals surface area contributed by atoms with Gasteiger partial charge >= 0.3 is 0 Å². The van der Waals surface area contributed by atoms with Gasteiger partial charge in [0.15, 0.2) is 5.65 Å². The van der Waals surface area contributed by atoms with Gasteiger partial charge in [-0.05, 0) is 24.3 Å². The topological polar surface area (TPSA) is 54.5 Å². The average Bonchev–Trinajstić information content (AvgIpc) is 2.85. The highest BCUT2D eigenvalue weighted by atomic mass is 14.9. The van der Waals surface area contributed by atoms with E-state index in [9.17, 15) is 0 Å². The Morgan fingerprint density at radius 1 is 0.952 bits per heavy atom. The maximum absolute atomic E-state index is 4.84. The normalized spacial score (nSPS) is 12.5. The van der Waals surface area contributed by atoms with E-state index in [4.69, 9.17) is 4.98 Å². The summed E-state index contributed by atoms with van der Waals surface area (Å²) in [7, 11) is 0. The van der Waals surface area contributed by atoms with Crippen LogP contribution in [0.25, 0.3) is 33.0 Å². The highest BCUT2D eigenvalue weighted by molar-refractivity contribution is 6.16. The van der Waals surface area contributed by atoms with Gasteiger partial charge in [0.25, 0.3) is 0 Å². The third kappa shape index (κ3) is 1.72. The highest BCUT2D eigenvalue weighted by Gasteiger charge is 2.23. The zero-order valence-corrected chi connectivity index (χ0v) is 12.3. The van der Waals surface area contributed by atoms with Gasteiger partial charge in [-0.15, -0.1) is 0 Å². The van der Waals surface area contributed by atoms with Crippen LogP contribution in [0.1, 0.15) is 26.5 Å². The monoisotopic (exact) mass is 276 g/mol. The minimum absolute atomic E-state index is 0.0606. The summed E-state index contributed by atoms with van der Waals surface area (Å²) in [5.41, 5.74) is 3.75. The van der Waals surface area contributed by atoms with Crippen molar-refractivity contribution in [1.82, 2.24) is 19.9 Å². The lowest BCUT2D eigenvalue weighted by atomic mass is 9.88. The molecule has 4 aromatic rings. The second-order valence-electron chi connectivity index (χ2n) is 6.36. The number of aromatic nitrogens is 4. The number of hydrogen-bond donors (Lipinski definition) is 1. The summed E-state index contributed by atoms with van der Waals surface area (Å²) >= 11 is 0. The quantitative estimate of drug-likeness (QED) is 0.529. The second-order valence-corrected chi connectivity index (χ2v) is 6.36. The Morgan fingerprint density at radius 2 is 1.67 bits per heavy atom. The molecule has 0 aromatic carbocycles. The molecule has 0 aliphatic carbocycles. The van der Waals surface area contributed by atoms with Crippen molar-refractivity contribution in [2.45, 2.75) is 26.2 Å². The molecule has 0 bridgehead atoms. The summed E-state index contributed by atoms with van der Waals surface area (Å²) in [4.78, 5) is 17.1. The van der Waals surface area contributed by atoms with Crippen LogP contribution in [0.3, 0.4) is 0 Å². The van der Waals surface area contributed by atoms with Crippen molar-refractivity contribution < 1.29 is 0 Å². The molecule has 0 atom stereocenters. The van der Waals surface area contributed by atoms with E-state index in [-0.39, 0.29) is 5.41 Å². The van der Waals surface area contributed by atoms with Crippen LogP contribution >= 0.6 is 0 Å². The van der Waals surface area contributed by atoms with Crippen molar-refractivity contribution in [2.75, 3.05) is 0 Å². The van der Waals surface area contributed by atoms with Crippen LogP contribution < -0.4 is 0 Å². The van der Waals surface area contributed by atoms with Gasteiger partial charge in [-0.3, -0.25) is 0 Å². The first-order chi connectivity index (χ1) is 10.1. The predicted molar refractivity (Wildman–Crippen MR) is 85.4 cm³/mol. The van der Waals surface area contributed by atoms with Crippen LogP contribution in [0.5, 0.6) is 0 Å². The lowest BCUT2D eigenvalue weighted by Crippen LogP contribution is -2.14. The minimum Gasteiger partial charge on any atom is -0.339 e. The van der Waals surface area contributed by atoms with E-state index in [0.29, 0.717) is 0 Å². The molecule has 0 spiro atoms. The Kier molecular flexibility index (Phi) is 2.34. The summed E-state index contributed by atoms with van der Waals surface area (Å²) in [6, 6.07) is 8.06. The molecular formula is C17H16N4. The van der Waals surface area contributed by atoms with Crippen molar-refractivity contribution in [3.05, 3.63) is 42.4 Å². The molecule has 4 aromatic heterocycles. The van der Waals surface area contributed by atoms with Crippen molar-refractivity contribution in [1.29, 1.82) is 0 Å². The molecule has 4 nitrogen and oxygen atoms in total. The predicted octanol–water partition coefficient (Wildman–Crippen LogP) is 3.96. The Morgan fingerprint density at radius 3 is 2.43 bits per heavy atom. The second kappa shape index (κ2) is 4.01. The van der Waals surface area contributed by atoms with Crippen LogP contribution in [0, 0.1) is 0 Å². The molecule has 0 saturated heterocycles. The molecule has 0 radical (unpaired) electrons. The maximum Gasteiger partial charge on any atom is 0.161 e. The molecule has 1 N–H and O–H groups in total. The summed E-state index contributed by atoms with van der Waals surface area (Å²) in [5, 5.41) is 3.32. The molecule has 21 heavy (non-hydrogen) atoms. The number of nitrogens with zero attached hydrogens (tertiary/aromatic N) is 3. The SMILES string of the molecule is CC(C)(C)c1nc2ncccc2c2[nH]c3ncccc3c12. The van der Waals surface area contributed by atoms with E-state index >= 15 is 0 Å². The van der Waals surface area contributed by atoms with Crippen molar-refractivity contribution >= 4 is 33.0 Å². The first-order valence-corrected chi connectivity index (χ1v) is 7.07. The Bertz CT molecular complexity index is 977. The number of aromatic amines is 1. The third-order valence-corrected chi connectivity index (χ3v) is 3.79. The van der Waals surface area contributed by atoms with Gasteiger partial charge in [-0.1, -0.05) is 20.8 Å². The molecule has 4 rings (SSSR count). The number of fused-ring (bicyclic) bond motifs is 5. The highest BCUT2D eigenvalue weighted by Crippen LogP contribution is 2.36. The zero-order chi connectivity index (χ0) is 14.6. The Labute approximate surface area is 122 Å². The average molecular weight is 276 g/mol. The summed E-state index contributed by atoms with van der Waals surface area (Å²) in [6.07, 6.45) is 3.59. The van der Waals surface area contributed by atoms with Crippen LogP contribution in [0.2, 0.25) is 0 Å². The first kappa shape index (κ1) is 12.3. The standard InChI is InChI=1S/C17H16N4/c1-17(2,3)14-12-10-6-4-8-18-15(10)20-13(12)11-7-5-9-19-16(11)21-14/h4-9H,1-3H3,(H,18,20). The Balaban J connectivity index is 2.34. The van der Waals surface area contributed by atoms with E-state index < -0.39 is 0 Å². The molecule has 0 saturated carbocycles. The first-order valence-electron chi connectivity index (χ1n) is 7.07. The van der Waals surface area contributed by atoms with Crippen molar-refractivity contribution in [2.24, 2.45) is 0 Å². The molecule has 0 unspecified atom stereocenters. The van der Waals surface area contributed by atoms with E-state index in [2.05, 4.69) is 47.9 Å². The maximum atomic E-state index is 4.84. The van der Waals surface area contributed by atoms with Gasteiger partial charge in [0, 0.05) is 34.0 Å².